The first-order valence-corrected chi connectivity index (χ1v) is 5.50. The van der Waals surface area contributed by atoms with Gasteiger partial charge in [-0.25, -0.2) is 0 Å². The Bertz CT molecular complexity index is 402. The van der Waals surface area contributed by atoms with E-state index in [0.717, 1.165) is 16.9 Å². The molecule has 1 N–H and O–H groups in total. The van der Waals surface area contributed by atoms with Crippen LogP contribution in [0.25, 0.3) is 0 Å². The number of hydrogen-bond donors (Lipinski definition) is 1. The van der Waals surface area contributed by atoms with Gasteiger partial charge in [-0.15, -0.1) is 0 Å². The number of methoxy groups -OCH3 is 2. The van der Waals surface area contributed by atoms with Crippen molar-refractivity contribution in [2.45, 2.75) is 20.4 Å². The van der Waals surface area contributed by atoms with Crippen molar-refractivity contribution in [3.05, 3.63) is 23.3 Å². The van der Waals surface area contributed by atoms with E-state index in [2.05, 4.69) is 5.32 Å². The third-order valence-corrected chi connectivity index (χ3v) is 2.53. The third-order valence-electron chi connectivity index (χ3n) is 2.53. The smallest absolute Gasteiger partial charge is 0.161 e. The van der Waals surface area contributed by atoms with Crippen molar-refractivity contribution < 1.29 is 14.3 Å². The summed E-state index contributed by atoms with van der Waals surface area (Å²) in [5.74, 6) is 1.56. The largest absolute Gasteiger partial charge is 0.493 e. The monoisotopic (exact) mass is 237 g/mol. The molecule has 4 heteroatoms. The molecule has 0 bridgehead atoms. The van der Waals surface area contributed by atoms with E-state index >= 15 is 0 Å². The first kappa shape index (κ1) is 13.5. The number of aryl methyl sites for hydroxylation is 1. The number of carbonyl (C=O) groups is 1. The van der Waals surface area contributed by atoms with Crippen molar-refractivity contribution in [3.8, 4) is 11.5 Å². The molecule has 1 aromatic carbocycles. The zero-order chi connectivity index (χ0) is 12.8. The van der Waals surface area contributed by atoms with E-state index in [0.29, 0.717) is 18.8 Å². The molecule has 0 spiro atoms. The SMILES string of the molecule is COc1cc(C)c(CNCC(C)=O)cc1OC. The molecule has 0 unspecified atom stereocenters. The van der Waals surface area contributed by atoms with Crippen LogP contribution >= 0.6 is 0 Å². The Balaban J connectivity index is 2.81. The summed E-state index contributed by atoms with van der Waals surface area (Å²) in [6.45, 7) is 4.60. The number of Topliss-reactive ketones (excluding diaryl/α,β-unsaturated/α-hetero) is 1. The molecule has 17 heavy (non-hydrogen) atoms. The van der Waals surface area contributed by atoms with Gasteiger partial charge < -0.3 is 14.8 Å². The third kappa shape index (κ3) is 3.75. The van der Waals surface area contributed by atoms with Crippen LogP contribution in [0.2, 0.25) is 0 Å². The number of rotatable bonds is 6. The summed E-state index contributed by atoms with van der Waals surface area (Å²) in [4.78, 5) is 10.8. The van der Waals surface area contributed by atoms with Gasteiger partial charge in [-0.2, -0.15) is 0 Å². The number of hydrogen-bond acceptors (Lipinski definition) is 4. The predicted molar refractivity (Wildman–Crippen MR) is 66.7 cm³/mol. The second-order valence-corrected chi connectivity index (χ2v) is 3.94. The van der Waals surface area contributed by atoms with Gasteiger partial charge >= 0.3 is 0 Å². The Kier molecular flexibility index (Phi) is 4.97. The van der Waals surface area contributed by atoms with Crippen LogP contribution in [0.4, 0.5) is 0 Å². The highest BCUT2D eigenvalue weighted by Gasteiger charge is 2.08. The molecule has 4 nitrogen and oxygen atoms in total. The minimum Gasteiger partial charge on any atom is -0.493 e. The second-order valence-electron chi connectivity index (χ2n) is 3.94. The highest BCUT2D eigenvalue weighted by molar-refractivity contribution is 5.77. The van der Waals surface area contributed by atoms with Crippen LogP contribution in [0.3, 0.4) is 0 Å². The molecule has 0 aliphatic rings. The van der Waals surface area contributed by atoms with Crippen molar-refractivity contribution in [1.82, 2.24) is 5.32 Å². The van der Waals surface area contributed by atoms with Gasteiger partial charge in [0, 0.05) is 6.54 Å². The highest BCUT2D eigenvalue weighted by atomic mass is 16.5. The molecule has 0 saturated carbocycles. The molecule has 0 aliphatic heterocycles. The predicted octanol–water partition coefficient (Wildman–Crippen LogP) is 1.69. The van der Waals surface area contributed by atoms with Crippen LogP contribution in [0.15, 0.2) is 12.1 Å². The van der Waals surface area contributed by atoms with E-state index in [4.69, 9.17) is 9.47 Å². The van der Waals surface area contributed by atoms with E-state index in [1.54, 1.807) is 21.1 Å². The van der Waals surface area contributed by atoms with Gasteiger partial charge in [-0.3, -0.25) is 4.79 Å². The molecular formula is C13H19NO3. The molecule has 0 radical (unpaired) electrons. The Labute approximate surface area is 102 Å². The maximum absolute atomic E-state index is 10.8. The lowest BCUT2D eigenvalue weighted by Gasteiger charge is -2.13. The van der Waals surface area contributed by atoms with Gasteiger partial charge in [0.15, 0.2) is 11.5 Å². The van der Waals surface area contributed by atoms with Crippen LogP contribution < -0.4 is 14.8 Å². The van der Waals surface area contributed by atoms with Gasteiger partial charge in [-0.1, -0.05) is 0 Å². The summed E-state index contributed by atoms with van der Waals surface area (Å²) >= 11 is 0. The van der Waals surface area contributed by atoms with E-state index in [1.807, 2.05) is 19.1 Å². The van der Waals surface area contributed by atoms with Crippen molar-refractivity contribution in [2.24, 2.45) is 0 Å². The number of ketones is 1. The minimum absolute atomic E-state index is 0.128. The average molecular weight is 237 g/mol. The Morgan fingerprint density at radius 2 is 1.82 bits per heavy atom. The first-order valence-electron chi connectivity index (χ1n) is 5.50. The maximum atomic E-state index is 10.8. The zero-order valence-corrected chi connectivity index (χ0v) is 10.8. The molecule has 0 saturated heterocycles. The van der Waals surface area contributed by atoms with Crippen molar-refractivity contribution >= 4 is 5.78 Å². The number of carbonyl (C=O) groups excluding carboxylic acids is 1. The summed E-state index contributed by atoms with van der Waals surface area (Å²) in [5.41, 5.74) is 2.21. The summed E-state index contributed by atoms with van der Waals surface area (Å²) in [7, 11) is 3.23. The van der Waals surface area contributed by atoms with Gasteiger partial charge in [0.25, 0.3) is 0 Å². The fourth-order valence-corrected chi connectivity index (χ4v) is 1.59. The molecule has 94 valence electrons. The Morgan fingerprint density at radius 3 is 2.35 bits per heavy atom. The van der Waals surface area contributed by atoms with E-state index < -0.39 is 0 Å². The molecule has 0 heterocycles. The zero-order valence-electron chi connectivity index (χ0n) is 10.8. The molecule has 0 aromatic heterocycles. The quantitative estimate of drug-likeness (QED) is 0.818. The highest BCUT2D eigenvalue weighted by Crippen LogP contribution is 2.30. The van der Waals surface area contributed by atoms with Gasteiger partial charge in [-0.05, 0) is 37.1 Å². The first-order chi connectivity index (χ1) is 8.08. The summed E-state index contributed by atoms with van der Waals surface area (Å²) in [5, 5.41) is 3.08. The molecule has 0 amide bonds. The van der Waals surface area contributed by atoms with E-state index in [1.165, 1.54) is 0 Å². The molecule has 1 rings (SSSR count). The molecule has 0 aliphatic carbocycles. The molecule has 0 atom stereocenters. The topological polar surface area (TPSA) is 47.6 Å². The molecule has 1 aromatic rings. The van der Waals surface area contributed by atoms with E-state index in [-0.39, 0.29) is 5.78 Å². The lowest BCUT2D eigenvalue weighted by molar-refractivity contribution is -0.116. The van der Waals surface area contributed by atoms with Crippen molar-refractivity contribution in [3.63, 3.8) is 0 Å². The second kappa shape index (κ2) is 6.25. The van der Waals surface area contributed by atoms with Crippen LogP contribution in [0, 0.1) is 6.92 Å². The maximum Gasteiger partial charge on any atom is 0.161 e. The summed E-state index contributed by atoms with van der Waals surface area (Å²) in [6.07, 6.45) is 0. The van der Waals surface area contributed by atoms with Crippen LogP contribution in [-0.4, -0.2) is 26.5 Å². The van der Waals surface area contributed by atoms with Crippen LogP contribution in [0.5, 0.6) is 11.5 Å². The normalized spacial score (nSPS) is 10.1. The Morgan fingerprint density at radius 1 is 1.24 bits per heavy atom. The van der Waals surface area contributed by atoms with Crippen LogP contribution in [0.1, 0.15) is 18.1 Å². The average Bonchev–Trinajstić information content (AvgIpc) is 2.30. The molecular weight excluding hydrogens is 218 g/mol. The van der Waals surface area contributed by atoms with Gasteiger partial charge in [0.1, 0.15) is 5.78 Å². The summed E-state index contributed by atoms with van der Waals surface area (Å²) < 4.78 is 10.5. The number of ether oxygens (including phenoxy) is 2. The van der Waals surface area contributed by atoms with Gasteiger partial charge in [0.2, 0.25) is 0 Å². The fourth-order valence-electron chi connectivity index (χ4n) is 1.59. The molecule has 0 fully saturated rings. The van der Waals surface area contributed by atoms with Crippen molar-refractivity contribution in [1.29, 1.82) is 0 Å². The lowest BCUT2D eigenvalue weighted by atomic mass is 10.1. The van der Waals surface area contributed by atoms with Gasteiger partial charge in [0.05, 0.1) is 20.8 Å². The number of benzene rings is 1. The minimum atomic E-state index is 0.128. The number of nitrogens with one attached hydrogen (secondary N) is 1. The van der Waals surface area contributed by atoms with Crippen molar-refractivity contribution in [2.75, 3.05) is 20.8 Å². The van der Waals surface area contributed by atoms with Crippen LogP contribution in [-0.2, 0) is 11.3 Å². The van der Waals surface area contributed by atoms with E-state index in [9.17, 15) is 4.79 Å². The fraction of sp³-hybridized carbons (Fsp3) is 0.462. The Hall–Kier alpha value is -1.55. The summed E-state index contributed by atoms with van der Waals surface area (Å²) in [6, 6.07) is 3.87. The standard InChI is InChI=1S/C13H19NO3/c1-9-5-12(16-3)13(17-4)6-11(9)8-14-7-10(2)15/h5-6,14H,7-8H2,1-4H3. The lowest BCUT2D eigenvalue weighted by Crippen LogP contribution is -2.20.